The van der Waals surface area contributed by atoms with Crippen LogP contribution in [0.3, 0.4) is 0 Å². The van der Waals surface area contributed by atoms with E-state index in [9.17, 15) is 0 Å². The molecule has 0 saturated carbocycles. The molecule has 0 saturated heterocycles. The first kappa shape index (κ1) is 25.1. The van der Waals surface area contributed by atoms with Gasteiger partial charge in [0.15, 0.2) is 0 Å². The number of rotatable bonds is 16. The summed E-state index contributed by atoms with van der Waals surface area (Å²) < 4.78 is 0. The summed E-state index contributed by atoms with van der Waals surface area (Å²) in [5.41, 5.74) is 1.60. The Morgan fingerprint density at radius 3 is 1.64 bits per heavy atom. The molecule has 25 heavy (non-hydrogen) atoms. The monoisotopic (exact) mass is 428 g/mol. The summed E-state index contributed by atoms with van der Waals surface area (Å²) in [6.45, 7) is 4.64. The normalized spacial score (nSPS) is 11.9. The van der Waals surface area contributed by atoms with Crippen LogP contribution in [0, 0.1) is 0 Å². The van der Waals surface area contributed by atoms with Gasteiger partial charge < -0.3 is 0 Å². The van der Waals surface area contributed by atoms with Crippen LogP contribution in [-0.2, 0) is 5.21 Å². The SMILES string of the molecule is CCCCCCCCCCCC[As](CCCC)Cc1ccccc1.Cl. The molecule has 1 unspecified atom stereocenters. The van der Waals surface area contributed by atoms with Crippen LogP contribution >= 0.6 is 12.4 Å². The molecular formula is C23H42AsCl. The maximum Gasteiger partial charge on any atom is -0.147 e. The van der Waals surface area contributed by atoms with E-state index in [1.165, 1.54) is 82.3 Å². The molecule has 1 rings (SSSR count). The zero-order valence-electron chi connectivity index (χ0n) is 16.8. The molecule has 0 fully saturated rings. The van der Waals surface area contributed by atoms with Crippen LogP contribution < -0.4 is 0 Å². The zero-order chi connectivity index (χ0) is 17.3. The molecule has 146 valence electrons. The maximum absolute atomic E-state index is 2.34. The van der Waals surface area contributed by atoms with Crippen molar-refractivity contribution in [1.82, 2.24) is 0 Å². The van der Waals surface area contributed by atoms with Crippen LogP contribution in [0.2, 0.25) is 10.4 Å². The van der Waals surface area contributed by atoms with Crippen molar-refractivity contribution in [2.24, 2.45) is 0 Å². The van der Waals surface area contributed by atoms with E-state index in [4.69, 9.17) is 0 Å². The van der Waals surface area contributed by atoms with Crippen molar-refractivity contribution in [2.75, 3.05) is 0 Å². The Morgan fingerprint density at radius 2 is 1.08 bits per heavy atom. The van der Waals surface area contributed by atoms with Crippen molar-refractivity contribution in [3.63, 3.8) is 0 Å². The first-order valence-electron chi connectivity index (χ1n) is 10.6. The van der Waals surface area contributed by atoms with Crippen molar-refractivity contribution >= 4 is 27.1 Å². The van der Waals surface area contributed by atoms with Gasteiger partial charge in [0.05, 0.1) is 0 Å². The van der Waals surface area contributed by atoms with Gasteiger partial charge in [0.2, 0.25) is 0 Å². The summed E-state index contributed by atoms with van der Waals surface area (Å²) >= 11 is -0.629. The Balaban J connectivity index is 0.00000576. The van der Waals surface area contributed by atoms with E-state index in [1.54, 1.807) is 16.0 Å². The number of hydrogen-bond acceptors (Lipinski definition) is 0. The summed E-state index contributed by atoms with van der Waals surface area (Å²) in [4.78, 5) is 0. The smallest absolute Gasteiger partial charge is 0.147 e. The molecule has 0 heterocycles. The zero-order valence-corrected chi connectivity index (χ0v) is 19.5. The van der Waals surface area contributed by atoms with Gasteiger partial charge in [-0.25, -0.2) is 0 Å². The van der Waals surface area contributed by atoms with Gasteiger partial charge in [-0.1, -0.05) is 0 Å². The van der Waals surface area contributed by atoms with Crippen LogP contribution in [-0.4, -0.2) is 14.7 Å². The van der Waals surface area contributed by atoms with Gasteiger partial charge in [-0.15, -0.1) is 12.4 Å². The van der Waals surface area contributed by atoms with E-state index in [-0.39, 0.29) is 12.4 Å². The third kappa shape index (κ3) is 14.9. The van der Waals surface area contributed by atoms with E-state index in [0.717, 1.165) is 0 Å². The molecule has 0 aliphatic heterocycles. The van der Waals surface area contributed by atoms with Crippen molar-refractivity contribution in [3.8, 4) is 0 Å². The van der Waals surface area contributed by atoms with Crippen LogP contribution in [0.5, 0.6) is 0 Å². The largest absolute Gasteiger partial charge is 0.147 e. The average molecular weight is 429 g/mol. The topological polar surface area (TPSA) is 0 Å². The molecule has 0 aliphatic rings. The minimum atomic E-state index is -0.629. The van der Waals surface area contributed by atoms with Gasteiger partial charge in [0.25, 0.3) is 0 Å². The van der Waals surface area contributed by atoms with Crippen LogP contribution in [0.4, 0.5) is 0 Å². The molecule has 0 aliphatic carbocycles. The van der Waals surface area contributed by atoms with Crippen molar-refractivity contribution in [3.05, 3.63) is 35.9 Å². The second-order valence-electron chi connectivity index (χ2n) is 7.30. The Morgan fingerprint density at radius 1 is 0.600 bits per heavy atom. The molecule has 0 nitrogen and oxygen atoms in total. The molecule has 0 radical (unpaired) electrons. The van der Waals surface area contributed by atoms with Gasteiger partial charge in [-0.3, -0.25) is 0 Å². The second kappa shape index (κ2) is 18.8. The van der Waals surface area contributed by atoms with Gasteiger partial charge in [0.1, 0.15) is 0 Å². The van der Waals surface area contributed by atoms with Gasteiger partial charge in [0, 0.05) is 0 Å². The van der Waals surface area contributed by atoms with Crippen LogP contribution in [0.15, 0.2) is 30.3 Å². The fourth-order valence-corrected chi connectivity index (χ4v) is 8.98. The van der Waals surface area contributed by atoms with E-state index >= 15 is 0 Å². The Labute approximate surface area is 169 Å². The maximum atomic E-state index is 2.34. The molecule has 0 N–H and O–H groups in total. The predicted octanol–water partition coefficient (Wildman–Crippen LogP) is 8.41. The van der Waals surface area contributed by atoms with E-state index < -0.39 is 14.7 Å². The minimum Gasteiger partial charge on any atom is -0.147 e. The summed E-state index contributed by atoms with van der Waals surface area (Å²) in [5, 5.41) is 4.58. The first-order valence-corrected chi connectivity index (χ1v) is 14.6. The Hall–Kier alpha value is 0.0684. The Kier molecular flexibility index (Phi) is 18.9. The van der Waals surface area contributed by atoms with E-state index in [2.05, 4.69) is 44.2 Å². The number of benzene rings is 1. The summed E-state index contributed by atoms with van der Waals surface area (Å²) in [7, 11) is 0. The molecule has 1 aromatic carbocycles. The molecule has 0 spiro atoms. The molecule has 0 amide bonds. The minimum absolute atomic E-state index is 0. The molecule has 1 aromatic rings. The average Bonchev–Trinajstić information content (AvgIpc) is 2.62. The van der Waals surface area contributed by atoms with Crippen molar-refractivity contribution < 1.29 is 0 Å². The predicted molar refractivity (Wildman–Crippen MR) is 120 cm³/mol. The quantitative estimate of drug-likeness (QED) is 0.183. The molecule has 0 bridgehead atoms. The van der Waals surface area contributed by atoms with E-state index in [0.29, 0.717) is 0 Å². The fourth-order valence-electron chi connectivity index (χ4n) is 3.32. The number of halogens is 1. The summed E-state index contributed by atoms with van der Waals surface area (Å²) in [5.74, 6) is 0. The Bertz CT molecular complexity index is 366. The third-order valence-electron chi connectivity index (χ3n) is 4.90. The van der Waals surface area contributed by atoms with Crippen LogP contribution in [0.1, 0.15) is 96.5 Å². The third-order valence-corrected chi connectivity index (χ3v) is 10.6. The molecular weight excluding hydrogens is 387 g/mol. The van der Waals surface area contributed by atoms with Crippen LogP contribution in [0.25, 0.3) is 0 Å². The fraction of sp³-hybridized carbons (Fsp3) is 0.739. The van der Waals surface area contributed by atoms with Gasteiger partial charge >= 0.3 is 157 Å². The van der Waals surface area contributed by atoms with Crippen molar-refractivity contribution in [2.45, 2.75) is 107 Å². The van der Waals surface area contributed by atoms with Gasteiger partial charge in [-0.2, -0.15) is 0 Å². The molecule has 0 aromatic heterocycles. The van der Waals surface area contributed by atoms with Gasteiger partial charge in [-0.05, 0) is 0 Å². The first-order chi connectivity index (χ1) is 11.9. The summed E-state index contributed by atoms with van der Waals surface area (Å²) in [6.07, 6.45) is 17.5. The second-order valence-corrected chi connectivity index (χ2v) is 12.7. The summed E-state index contributed by atoms with van der Waals surface area (Å²) in [6, 6.07) is 11.2. The standard InChI is InChI=1S/C23H41As.ClH/c1-3-5-7-8-9-10-11-12-13-17-21-24(20-6-4-2)22-23-18-15-14-16-19-23;/h14-16,18-19H,3-13,17,20-22H2,1-2H3;1H. The molecule has 2 heteroatoms. The molecule has 1 atom stereocenters. The number of unbranched alkanes of at least 4 members (excludes halogenated alkanes) is 10. The number of hydrogen-bond donors (Lipinski definition) is 0. The van der Waals surface area contributed by atoms with Crippen molar-refractivity contribution in [1.29, 1.82) is 0 Å². The van der Waals surface area contributed by atoms with E-state index in [1.807, 2.05) is 0 Å².